The van der Waals surface area contributed by atoms with Crippen molar-refractivity contribution >= 4 is 11.6 Å². The molecule has 0 N–H and O–H groups in total. The van der Waals surface area contributed by atoms with Crippen molar-refractivity contribution in [3.63, 3.8) is 0 Å². The normalized spacial score (nSPS) is 21.9. The second-order valence-electron chi connectivity index (χ2n) is 7.36. The summed E-state index contributed by atoms with van der Waals surface area (Å²) >= 11 is 0. The van der Waals surface area contributed by atoms with Crippen LogP contribution in [-0.4, -0.2) is 54.2 Å². The van der Waals surface area contributed by atoms with E-state index in [0.29, 0.717) is 30.6 Å². The molecule has 2 saturated heterocycles. The Morgan fingerprint density at radius 1 is 1.27 bits per heavy atom. The van der Waals surface area contributed by atoms with E-state index < -0.39 is 0 Å². The Labute approximate surface area is 153 Å². The first-order chi connectivity index (χ1) is 12.6. The van der Waals surface area contributed by atoms with Gasteiger partial charge >= 0.3 is 0 Å². The molecule has 0 saturated carbocycles. The molecule has 0 radical (unpaired) electrons. The van der Waals surface area contributed by atoms with Gasteiger partial charge in [0, 0.05) is 25.8 Å². The topological polar surface area (TPSA) is 58.8 Å². The number of likely N-dealkylation sites (N-methyl/N-ethyl adjacent to an activating group) is 1. The minimum Gasteiger partial charge on any atom is -0.438 e. The van der Waals surface area contributed by atoms with Crippen molar-refractivity contribution in [2.75, 3.05) is 31.6 Å². The number of amides is 1. The number of rotatable bonds is 3. The number of nitrogens with zero attached hydrogens (tertiary/aromatic N) is 3. The number of para-hydroxylation sites is 1. The first-order valence-electron chi connectivity index (χ1n) is 9.19. The average Bonchev–Trinajstić information content (AvgIpc) is 3.29. The molecule has 26 heavy (non-hydrogen) atoms. The Kier molecular flexibility index (Phi) is 4.44. The molecule has 2 aromatic rings. The number of benzene rings is 1. The molecule has 0 bridgehead atoms. The molecule has 2 aliphatic rings. The first-order valence-corrected chi connectivity index (χ1v) is 9.19. The number of hydrogen-bond acceptors (Lipinski definition) is 5. The van der Waals surface area contributed by atoms with Crippen molar-refractivity contribution in [1.82, 2.24) is 9.88 Å². The lowest BCUT2D eigenvalue weighted by Crippen LogP contribution is -2.47. The fourth-order valence-electron chi connectivity index (χ4n) is 4.06. The number of hydrogen-bond donors (Lipinski definition) is 0. The maximum Gasteiger partial charge on any atom is 0.291 e. The highest BCUT2D eigenvalue weighted by molar-refractivity contribution is 5.92. The third kappa shape index (κ3) is 3.09. The number of piperidine rings is 1. The quantitative estimate of drug-likeness (QED) is 0.847. The van der Waals surface area contributed by atoms with Crippen LogP contribution >= 0.6 is 0 Å². The van der Waals surface area contributed by atoms with Crippen LogP contribution in [0.4, 0.5) is 5.69 Å². The lowest BCUT2D eigenvalue weighted by atomic mass is 9.87. The lowest BCUT2D eigenvalue weighted by molar-refractivity contribution is -0.0392. The van der Waals surface area contributed by atoms with E-state index in [1.54, 1.807) is 6.92 Å². The van der Waals surface area contributed by atoms with Gasteiger partial charge in [0.25, 0.3) is 5.91 Å². The second-order valence-corrected chi connectivity index (χ2v) is 7.36. The van der Waals surface area contributed by atoms with Gasteiger partial charge in [0.1, 0.15) is 0 Å². The summed E-state index contributed by atoms with van der Waals surface area (Å²) in [5, 5.41) is 0. The van der Waals surface area contributed by atoms with Crippen molar-refractivity contribution in [1.29, 1.82) is 0 Å². The van der Waals surface area contributed by atoms with E-state index in [2.05, 4.69) is 41.2 Å². The summed E-state index contributed by atoms with van der Waals surface area (Å²) in [4.78, 5) is 20.8. The monoisotopic (exact) mass is 355 g/mol. The molecule has 0 unspecified atom stereocenters. The SMILES string of the molecule is Cc1ncoc1C(=O)N1CCC2(CC1)C[C@@H](N(C)c1ccccc1)CO2. The molecule has 6 heteroatoms. The number of carbonyl (C=O) groups is 1. The largest absolute Gasteiger partial charge is 0.438 e. The van der Waals surface area contributed by atoms with Crippen LogP contribution in [0, 0.1) is 6.92 Å². The molecular weight excluding hydrogens is 330 g/mol. The van der Waals surface area contributed by atoms with E-state index in [1.807, 2.05) is 11.0 Å². The Morgan fingerprint density at radius 3 is 2.65 bits per heavy atom. The Bertz CT molecular complexity index is 766. The predicted octanol–water partition coefficient (Wildman–Crippen LogP) is 2.88. The number of oxazole rings is 1. The van der Waals surface area contributed by atoms with Gasteiger partial charge in [-0.05, 0) is 38.3 Å². The smallest absolute Gasteiger partial charge is 0.291 e. The lowest BCUT2D eigenvalue weighted by Gasteiger charge is -2.38. The zero-order valence-corrected chi connectivity index (χ0v) is 15.4. The molecule has 138 valence electrons. The molecule has 1 spiro atoms. The highest BCUT2D eigenvalue weighted by Gasteiger charge is 2.45. The molecule has 1 atom stereocenters. The van der Waals surface area contributed by atoms with Crippen LogP contribution in [0.3, 0.4) is 0 Å². The third-order valence-electron chi connectivity index (χ3n) is 5.80. The van der Waals surface area contributed by atoms with E-state index in [1.165, 1.54) is 12.1 Å². The molecule has 1 aromatic carbocycles. The maximum atomic E-state index is 12.6. The van der Waals surface area contributed by atoms with E-state index in [-0.39, 0.29) is 11.5 Å². The molecule has 3 heterocycles. The Morgan fingerprint density at radius 2 is 2.00 bits per heavy atom. The van der Waals surface area contributed by atoms with Gasteiger partial charge in [0.2, 0.25) is 5.76 Å². The van der Waals surface area contributed by atoms with Crippen LogP contribution in [0.15, 0.2) is 41.1 Å². The van der Waals surface area contributed by atoms with Gasteiger partial charge in [-0.1, -0.05) is 18.2 Å². The van der Waals surface area contributed by atoms with Crippen molar-refractivity contribution in [2.24, 2.45) is 0 Å². The maximum absolute atomic E-state index is 12.6. The Balaban J connectivity index is 1.37. The molecule has 1 aromatic heterocycles. The highest BCUT2D eigenvalue weighted by atomic mass is 16.5. The molecule has 2 fully saturated rings. The summed E-state index contributed by atoms with van der Waals surface area (Å²) in [7, 11) is 2.13. The first kappa shape index (κ1) is 17.1. The van der Waals surface area contributed by atoms with Crippen molar-refractivity contribution < 1.29 is 13.9 Å². The van der Waals surface area contributed by atoms with Crippen molar-refractivity contribution in [3.8, 4) is 0 Å². The number of carbonyl (C=O) groups excluding carboxylic acids is 1. The van der Waals surface area contributed by atoms with Gasteiger partial charge < -0.3 is 19.0 Å². The minimum atomic E-state index is -0.110. The summed E-state index contributed by atoms with van der Waals surface area (Å²) in [6, 6.07) is 10.8. The third-order valence-corrected chi connectivity index (χ3v) is 5.80. The number of ether oxygens (including phenoxy) is 1. The number of aryl methyl sites for hydroxylation is 1. The van der Waals surface area contributed by atoms with Crippen LogP contribution in [0.25, 0.3) is 0 Å². The van der Waals surface area contributed by atoms with Crippen LogP contribution in [0.5, 0.6) is 0 Å². The van der Waals surface area contributed by atoms with E-state index in [4.69, 9.17) is 9.15 Å². The van der Waals surface area contributed by atoms with Gasteiger partial charge in [-0.15, -0.1) is 0 Å². The molecule has 0 aliphatic carbocycles. The zero-order chi connectivity index (χ0) is 18.1. The fraction of sp³-hybridized carbons (Fsp3) is 0.500. The van der Waals surface area contributed by atoms with Gasteiger partial charge in [-0.3, -0.25) is 4.79 Å². The highest BCUT2D eigenvalue weighted by Crippen LogP contribution is 2.38. The molecule has 1 amide bonds. The Hall–Kier alpha value is -2.34. The summed E-state index contributed by atoms with van der Waals surface area (Å²) in [6.45, 7) is 3.92. The molecule has 4 rings (SSSR count). The summed E-state index contributed by atoms with van der Waals surface area (Å²) in [5.41, 5.74) is 1.75. The minimum absolute atomic E-state index is 0.0641. The zero-order valence-electron chi connectivity index (χ0n) is 15.4. The summed E-state index contributed by atoms with van der Waals surface area (Å²) in [5.74, 6) is 0.292. The van der Waals surface area contributed by atoms with Crippen LogP contribution in [0.2, 0.25) is 0 Å². The van der Waals surface area contributed by atoms with Crippen LogP contribution in [-0.2, 0) is 4.74 Å². The number of anilines is 1. The van der Waals surface area contributed by atoms with Gasteiger partial charge in [-0.25, -0.2) is 4.98 Å². The number of likely N-dealkylation sites (tertiary alicyclic amines) is 1. The summed E-state index contributed by atoms with van der Waals surface area (Å²) < 4.78 is 11.5. The van der Waals surface area contributed by atoms with Gasteiger partial charge in [0.15, 0.2) is 6.39 Å². The van der Waals surface area contributed by atoms with Crippen LogP contribution < -0.4 is 4.90 Å². The van der Waals surface area contributed by atoms with E-state index >= 15 is 0 Å². The van der Waals surface area contributed by atoms with Crippen LogP contribution in [0.1, 0.15) is 35.5 Å². The summed E-state index contributed by atoms with van der Waals surface area (Å²) in [6.07, 6.45) is 4.07. The molecular formula is C20H25N3O3. The van der Waals surface area contributed by atoms with Gasteiger partial charge in [0.05, 0.1) is 23.9 Å². The van der Waals surface area contributed by atoms with Crippen molar-refractivity contribution in [2.45, 2.75) is 37.8 Å². The van der Waals surface area contributed by atoms with E-state index in [9.17, 15) is 4.79 Å². The predicted molar refractivity (Wildman–Crippen MR) is 98.3 cm³/mol. The van der Waals surface area contributed by atoms with Crippen molar-refractivity contribution in [3.05, 3.63) is 48.2 Å². The fourth-order valence-corrected chi connectivity index (χ4v) is 4.06. The van der Waals surface area contributed by atoms with E-state index in [0.717, 1.165) is 25.9 Å². The standard InChI is InChI=1S/C20H25N3O3/c1-15-18(25-14-21-15)19(24)23-10-8-20(9-11-23)12-17(13-26-20)22(2)16-6-4-3-5-7-16/h3-7,14,17H,8-13H2,1-2H3/t17-/m1/s1. The molecule has 2 aliphatic heterocycles. The molecule has 6 nitrogen and oxygen atoms in total. The average molecular weight is 355 g/mol. The van der Waals surface area contributed by atoms with Gasteiger partial charge in [-0.2, -0.15) is 0 Å². The number of aromatic nitrogens is 1. The second kappa shape index (κ2) is 6.76.